The fourth-order valence-corrected chi connectivity index (χ4v) is 6.15. The van der Waals surface area contributed by atoms with E-state index < -0.39 is 74.9 Å². The molecule has 7 N–H and O–H groups in total. The first-order valence-corrected chi connectivity index (χ1v) is 19.5. The van der Waals surface area contributed by atoms with E-state index in [0.717, 1.165) is 47.4 Å². The quantitative estimate of drug-likeness (QED) is 0.0346. The summed E-state index contributed by atoms with van der Waals surface area (Å²) < 4.78 is 5.40. The first-order chi connectivity index (χ1) is 30.2. The Kier molecular flexibility index (Phi) is 17.7. The Morgan fingerprint density at radius 2 is 1.10 bits per heavy atom. The molecule has 4 aromatic rings. The van der Waals surface area contributed by atoms with Crippen molar-refractivity contribution in [3.8, 4) is 0 Å². The van der Waals surface area contributed by atoms with E-state index in [4.69, 9.17) is 10.5 Å². The van der Waals surface area contributed by atoms with Crippen molar-refractivity contribution in [2.75, 3.05) is 59.0 Å². The van der Waals surface area contributed by atoms with Gasteiger partial charge in [0, 0.05) is 70.1 Å². The first-order valence-electron chi connectivity index (χ1n) is 19.5. The Labute approximate surface area is 356 Å². The largest absolute Gasteiger partial charge is 0.803 e. The van der Waals surface area contributed by atoms with Crippen LogP contribution in [0.3, 0.4) is 0 Å². The molecule has 0 aromatic carbocycles. The van der Waals surface area contributed by atoms with Gasteiger partial charge in [0.1, 0.15) is 28.8 Å². The van der Waals surface area contributed by atoms with Crippen molar-refractivity contribution >= 4 is 29.5 Å². The van der Waals surface area contributed by atoms with Crippen LogP contribution in [0.15, 0.2) is 92.0 Å². The van der Waals surface area contributed by atoms with Crippen molar-refractivity contribution in [3.05, 3.63) is 147 Å². The second kappa shape index (κ2) is 23.3. The van der Waals surface area contributed by atoms with Crippen LogP contribution in [0.2, 0.25) is 0 Å². The summed E-state index contributed by atoms with van der Waals surface area (Å²) in [7, 11) is 0. The molecular formula is C39H46N10O14-2. The molecule has 1 unspecified atom stereocenters. The zero-order valence-corrected chi connectivity index (χ0v) is 33.8. The van der Waals surface area contributed by atoms with Crippen molar-refractivity contribution < 1.29 is 39.1 Å². The summed E-state index contributed by atoms with van der Waals surface area (Å²) in [5.41, 5.74) is -0.223. The Hall–Kier alpha value is -7.73. The molecule has 0 bridgehead atoms. The van der Waals surface area contributed by atoms with Crippen molar-refractivity contribution in [2.24, 2.45) is 5.73 Å². The first kappa shape index (κ1) is 47.9. The van der Waals surface area contributed by atoms with Gasteiger partial charge in [-0.05, 0) is 49.9 Å². The van der Waals surface area contributed by atoms with Gasteiger partial charge in [-0.3, -0.25) is 43.2 Å². The summed E-state index contributed by atoms with van der Waals surface area (Å²) in [6.07, 6.45) is -0.288. The molecule has 63 heavy (non-hydrogen) atoms. The van der Waals surface area contributed by atoms with Crippen LogP contribution in [0.25, 0.3) is 0 Å². The van der Waals surface area contributed by atoms with Gasteiger partial charge in [0.15, 0.2) is 0 Å². The van der Waals surface area contributed by atoms with Gasteiger partial charge in [-0.25, -0.2) is 0 Å². The molecule has 4 aromatic heterocycles. The van der Waals surface area contributed by atoms with Gasteiger partial charge in [-0.2, -0.15) is 0 Å². The smallest absolute Gasteiger partial charge is 0.283 e. The van der Waals surface area contributed by atoms with Gasteiger partial charge < -0.3 is 66.5 Å². The maximum Gasteiger partial charge on any atom is 0.283 e. The number of ether oxygens (including phenoxy) is 1. The van der Waals surface area contributed by atoms with E-state index in [1.165, 1.54) is 35.2 Å². The van der Waals surface area contributed by atoms with E-state index in [1.807, 2.05) is 0 Å². The number of hydrogen-bond acceptors (Lipinski definition) is 15. The lowest BCUT2D eigenvalue weighted by molar-refractivity contribution is -0.126. The van der Waals surface area contributed by atoms with E-state index in [0.29, 0.717) is 0 Å². The third kappa shape index (κ3) is 12.9. The second-order valence-corrected chi connectivity index (χ2v) is 13.6. The van der Waals surface area contributed by atoms with Gasteiger partial charge in [-0.1, -0.05) is 24.3 Å². The number of rotatable bonds is 23. The van der Waals surface area contributed by atoms with E-state index >= 15 is 0 Å². The molecule has 0 radical (unpaired) electrons. The normalized spacial score (nSPS) is 11.3. The van der Waals surface area contributed by atoms with E-state index in [-0.39, 0.29) is 109 Å². The maximum absolute atomic E-state index is 14.2. The summed E-state index contributed by atoms with van der Waals surface area (Å²) in [6, 6.07) is 12.1. The van der Waals surface area contributed by atoms with Crippen LogP contribution in [0, 0.1) is 10.4 Å². The number of hydrogen-bond donors (Lipinski definition) is 6. The van der Waals surface area contributed by atoms with E-state index in [2.05, 4.69) is 16.0 Å². The Balaban J connectivity index is 1.59. The molecule has 0 spiro atoms. The molecule has 4 rings (SSSR count). The van der Waals surface area contributed by atoms with Crippen LogP contribution >= 0.6 is 0 Å². The molecule has 4 heterocycles. The molecule has 0 saturated carbocycles. The van der Waals surface area contributed by atoms with Crippen molar-refractivity contribution in [1.82, 2.24) is 44.7 Å². The van der Waals surface area contributed by atoms with E-state index in [9.17, 15) is 64.0 Å². The predicted molar refractivity (Wildman–Crippen MR) is 221 cm³/mol. The van der Waals surface area contributed by atoms with Crippen LogP contribution in [0.1, 0.15) is 67.6 Å². The SMILES string of the molecule is NCCOCCNC(=O)C(CCCN(CCCNC(=O)c1cccc(=O)n1[O-])C(=O)c1cccc(=O)n1[O-])N(CCCNC(=O)c1cccc(=O)n1O)C(=O)c1cccc(=O)n1O. The predicted octanol–water partition coefficient (Wildman–Crippen LogP) is -2.04. The lowest BCUT2D eigenvalue weighted by Gasteiger charge is -2.32. The van der Waals surface area contributed by atoms with Gasteiger partial charge in [0.25, 0.3) is 34.7 Å². The minimum Gasteiger partial charge on any atom is -0.803 e. The van der Waals surface area contributed by atoms with Crippen molar-refractivity contribution in [3.63, 3.8) is 0 Å². The summed E-state index contributed by atoms with van der Waals surface area (Å²) in [4.78, 5) is 118. The zero-order chi connectivity index (χ0) is 46.1. The number of nitrogens with zero attached hydrogens (tertiary/aromatic N) is 6. The van der Waals surface area contributed by atoms with Crippen molar-refractivity contribution in [1.29, 1.82) is 0 Å². The van der Waals surface area contributed by atoms with Crippen LogP contribution in [0.4, 0.5) is 0 Å². The molecular weight excluding hydrogens is 832 g/mol. The third-order valence-electron chi connectivity index (χ3n) is 9.28. The number of pyridine rings is 4. The van der Waals surface area contributed by atoms with Crippen molar-refractivity contribution in [2.45, 2.75) is 31.7 Å². The summed E-state index contributed by atoms with van der Waals surface area (Å²) in [5.74, 6) is -4.32. The van der Waals surface area contributed by atoms with Crippen LogP contribution in [-0.4, -0.2) is 134 Å². The number of carbonyl (C=O) groups excluding carboxylic acids is 5. The molecule has 338 valence electrons. The Morgan fingerprint density at radius 3 is 1.71 bits per heavy atom. The Morgan fingerprint density at radius 1 is 0.603 bits per heavy atom. The zero-order valence-electron chi connectivity index (χ0n) is 33.8. The number of nitrogens with two attached hydrogens (primary N) is 1. The summed E-state index contributed by atoms with van der Waals surface area (Å²) in [5, 5.41) is 52.9. The van der Waals surface area contributed by atoms with Gasteiger partial charge in [0.2, 0.25) is 17.0 Å². The average molecular weight is 879 g/mol. The average Bonchev–Trinajstić information content (AvgIpc) is 3.26. The molecule has 1 atom stereocenters. The third-order valence-corrected chi connectivity index (χ3v) is 9.28. The lowest BCUT2D eigenvalue weighted by Crippen LogP contribution is -2.52. The molecule has 0 aliphatic rings. The highest BCUT2D eigenvalue weighted by molar-refractivity contribution is 5.96. The number of aromatic nitrogens is 4. The molecule has 0 saturated heterocycles. The number of carbonyl (C=O) groups is 5. The van der Waals surface area contributed by atoms with Gasteiger partial charge >= 0.3 is 0 Å². The standard InChI is InChI=1S/C39H46N10O14/c40-17-24-63-25-20-43-35(54)26(45(39(58)30-11-4-16-34(53)49(30)62)23-7-19-42-37(56)28-9-2-14-32(51)47(28)60)12-5-21-44(38(57)29-10-3-15-33(52)48(29)61)22-6-18-41-36(55)27-8-1-13-31(50)46(27)59/h1-4,8-11,13-16,26,60,62H,5-7,12,17-25,40H2,(H,41,55)(H,42,56)(H,43,54)/q-2. The topological polar surface area (TPSA) is 338 Å². The molecule has 24 heteroatoms. The highest BCUT2D eigenvalue weighted by Gasteiger charge is 2.32. The second-order valence-electron chi connectivity index (χ2n) is 13.6. The highest BCUT2D eigenvalue weighted by Crippen LogP contribution is 2.16. The fourth-order valence-electron chi connectivity index (χ4n) is 6.15. The number of amides is 5. The van der Waals surface area contributed by atoms with Crippen LogP contribution in [-0.2, 0) is 9.53 Å². The Bertz CT molecular complexity index is 2500. The fraction of sp³-hybridized carbons (Fsp3) is 0.359. The van der Waals surface area contributed by atoms with Gasteiger partial charge in [-0.15, -0.1) is 9.46 Å². The molecule has 24 nitrogen and oxygen atoms in total. The van der Waals surface area contributed by atoms with Crippen LogP contribution < -0.4 is 43.9 Å². The highest BCUT2D eigenvalue weighted by atomic mass is 16.5. The van der Waals surface area contributed by atoms with E-state index in [1.54, 1.807) is 0 Å². The monoisotopic (exact) mass is 878 g/mol. The number of nitrogens with one attached hydrogen (secondary N) is 3. The lowest BCUT2D eigenvalue weighted by atomic mass is 10.1. The molecule has 5 amide bonds. The summed E-state index contributed by atoms with van der Waals surface area (Å²) >= 11 is 0. The van der Waals surface area contributed by atoms with Gasteiger partial charge in [0.05, 0.1) is 13.2 Å². The maximum atomic E-state index is 14.2. The minimum atomic E-state index is -1.39. The minimum absolute atomic E-state index is 0.0315. The molecule has 0 aliphatic carbocycles. The van der Waals surface area contributed by atoms with Crippen LogP contribution in [0.5, 0.6) is 0 Å². The summed E-state index contributed by atoms with van der Waals surface area (Å²) in [6.45, 7) is -0.556. The molecule has 0 aliphatic heterocycles. The molecule has 0 fully saturated rings.